The predicted octanol–water partition coefficient (Wildman–Crippen LogP) is 8.48. The molecule has 8 heterocycles. The Bertz CT molecular complexity index is 2620. The van der Waals surface area contributed by atoms with Crippen molar-refractivity contribution in [1.82, 2.24) is 59.6 Å². The van der Waals surface area contributed by atoms with Gasteiger partial charge in [-0.05, 0) is 146 Å². The highest BCUT2D eigenvalue weighted by Crippen LogP contribution is 2.40. The van der Waals surface area contributed by atoms with Crippen molar-refractivity contribution in [2.45, 2.75) is 97.1 Å². The van der Waals surface area contributed by atoms with E-state index in [9.17, 15) is 4.79 Å². The lowest BCUT2D eigenvalue weighted by molar-refractivity contribution is -0.136. The molecule has 372 valence electrons. The number of aromatic nitrogens is 8. The van der Waals surface area contributed by atoms with E-state index >= 15 is 0 Å². The van der Waals surface area contributed by atoms with Crippen molar-refractivity contribution in [2.24, 2.45) is 4.99 Å². The highest BCUT2D eigenvalue weighted by atomic mass is 35.5. The number of hydrogen-bond acceptors (Lipinski definition) is 12. The molecule has 0 unspecified atom stereocenters. The molecule has 1 amide bonds. The summed E-state index contributed by atoms with van der Waals surface area (Å²) in [4.78, 5) is 31.8. The first-order chi connectivity index (χ1) is 33.4. The molecule has 0 saturated carbocycles. The van der Waals surface area contributed by atoms with E-state index in [0.717, 1.165) is 122 Å². The molecule has 19 heteroatoms. The number of halogens is 2. The highest BCUT2D eigenvalue weighted by Gasteiger charge is 2.42. The summed E-state index contributed by atoms with van der Waals surface area (Å²) in [5.41, 5.74) is 6.55. The number of hydrogen-bond donors (Lipinski definition) is 2. The topological polar surface area (TPSA) is 169 Å². The Kier molecular flexibility index (Phi) is 17.9. The Morgan fingerprint density at radius 1 is 0.754 bits per heavy atom. The molecule has 10 rings (SSSR count). The van der Waals surface area contributed by atoms with E-state index in [4.69, 9.17) is 37.5 Å². The minimum Gasteiger partial charge on any atom is -0.377 e. The van der Waals surface area contributed by atoms with Gasteiger partial charge in [-0.3, -0.25) is 14.9 Å². The second-order valence-corrected chi connectivity index (χ2v) is 19.4. The predicted molar refractivity (Wildman–Crippen MR) is 272 cm³/mol. The Morgan fingerprint density at radius 3 is 1.61 bits per heavy atom. The van der Waals surface area contributed by atoms with Crippen LogP contribution in [0.1, 0.15) is 97.1 Å². The van der Waals surface area contributed by atoms with Gasteiger partial charge in [-0.15, -0.1) is 0 Å². The van der Waals surface area contributed by atoms with Gasteiger partial charge in [-0.1, -0.05) is 44.0 Å². The number of ether oxygens (including phenoxy) is 2. The van der Waals surface area contributed by atoms with Gasteiger partial charge in [0.2, 0.25) is 6.08 Å². The standard InChI is InChI=1S/C22H27ClN6O2.C19H22ClN5O.C6H15N.C3H5NO/c1-3-24-21(30)28-12-17(11-25-28)29-20-9-18(19(23)8-16(20)10-26-29)15-4-6-27(7-5-15)22(2)13-31-14-22;1-19(11-26-12-19)24-4-2-13(3-5-24)16-7-18-14(6-17(16)20)8-23-25(18)15-9-21-22-10-15;1-4-7(5-2)6-3;1-2-4-3-5/h8-12,15H,3-7,13-14H2,1-2H3,(H,24,30);6-10,13H,2-5,11-12H2,1H3,(H,21,22);4-6H2,1-3H3;2H2,1H3. The molecule has 4 fully saturated rings. The summed E-state index contributed by atoms with van der Waals surface area (Å²) < 4.78 is 15.9. The van der Waals surface area contributed by atoms with Gasteiger partial charge in [0.15, 0.2) is 0 Å². The number of amides is 1. The van der Waals surface area contributed by atoms with Crippen LogP contribution in [0.2, 0.25) is 10.0 Å². The number of nitrogens with zero attached hydrogens (tertiary/aromatic N) is 11. The number of fused-ring (bicyclic) bond motifs is 2. The first-order valence-corrected chi connectivity index (χ1v) is 25.2. The monoisotopic (exact) mass is 985 g/mol. The number of carbonyl (C=O) groups excluding carboxylic acids is 2. The number of benzene rings is 2. The number of rotatable bonds is 11. The van der Waals surface area contributed by atoms with Crippen LogP contribution in [0.25, 0.3) is 33.2 Å². The fourth-order valence-corrected chi connectivity index (χ4v) is 10.3. The first-order valence-electron chi connectivity index (χ1n) is 24.5. The SMILES string of the molecule is CC1(N2CCC(c3cc4c(cnn4-c4cn[nH]c4)cc3Cl)CC2)COC1.CCN(CC)CC.CCN=C=O.CCNC(=O)n1cc(-n2ncc3cc(Cl)c(C4CCN(C5(C)COC5)CC4)cc32)cn1. The number of carbonyl (C=O) groups is 1. The van der Waals surface area contributed by atoms with Crippen LogP contribution >= 0.6 is 23.2 Å². The van der Waals surface area contributed by atoms with E-state index in [0.29, 0.717) is 24.9 Å². The van der Waals surface area contributed by atoms with Crippen LogP contribution in [0.5, 0.6) is 0 Å². The van der Waals surface area contributed by atoms with Crippen molar-refractivity contribution < 1.29 is 19.1 Å². The normalized spacial score (nSPS) is 18.2. The van der Waals surface area contributed by atoms with Crippen LogP contribution in [0.4, 0.5) is 4.79 Å². The van der Waals surface area contributed by atoms with E-state index in [-0.39, 0.29) is 17.1 Å². The fourth-order valence-electron chi connectivity index (χ4n) is 9.64. The van der Waals surface area contributed by atoms with E-state index in [1.54, 1.807) is 31.7 Å². The minimum atomic E-state index is -0.258. The van der Waals surface area contributed by atoms with Crippen LogP contribution in [0.3, 0.4) is 0 Å². The molecule has 6 aromatic rings. The second kappa shape index (κ2) is 23.8. The van der Waals surface area contributed by atoms with Crippen LogP contribution in [-0.4, -0.2) is 163 Å². The average Bonchev–Trinajstić information content (AvgIpc) is 4.19. The summed E-state index contributed by atoms with van der Waals surface area (Å²) in [6, 6.07) is 8.15. The lowest BCUT2D eigenvalue weighted by Gasteiger charge is -2.50. The molecule has 0 aliphatic carbocycles. The van der Waals surface area contributed by atoms with Crippen molar-refractivity contribution in [3.8, 4) is 11.4 Å². The molecule has 17 nitrogen and oxygen atoms in total. The molecule has 0 radical (unpaired) electrons. The first kappa shape index (κ1) is 51.9. The zero-order valence-corrected chi connectivity index (χ0v) is 42.8. The number of aromatic amines is 1. The summed E-state index contributed by atoms with van der Waals surface area (Å²) in [6.45, 7) is 27.1. The lowest BCUT2D eigenvalue weighted by atomic mass is 9.86. The number of piperidine rings is 2. The van der Waals surface area contributed by atoms with Gasteiger partial charge in [-0.25, -0.2) is 23.9 Å². The van der Waals surface area contributed by atoms with Gasteiger partial charge in [-0.2, -0.15) is 25.1 Å². The minimum absolute atomic E-state index is 0.196. The Hall–Kier alpha value is -4.97. The largest absolute Gasteiger partial charge is 0.377 e. The molecule has 2 N–H and O–H groups in total. The Balaban J connectivity index is 0.000000167. The molecule has 4 aliphatic rings. The van der Waals surface area contributed by atoms with Crippen LogP contribution < -0.4 is 5.32 Å². The second-order valence-electron chi connectivity index (χ2n) is 18.6. The third-order valence-electron chi connectivity index (χ3n) is 14.1. The van der Waals surface area contributed by atoms with Gasteiger partial charge < -0.3 is 19.7 Å². The third-order valence-corrected chi connectivity index (χ3v) is 14.7. The molecule has 69 heavy (non-hydrogen) atoms. The summed E-state index contributed by atoms with van der Waals surface area (Å²) >= 11 is 13.3. The van der Waals surface area contributed by atoms with E-state index in [1.807, 2.05) is 40.8 Å². The van der Waals surface area contributed by atoms with Crippen LogP contribution in [0, 0.1) is 0 Å². The molecule has 0 bridgehead atoms. The van der Waals surface area contributed by atoms with Crippen molar-refractivity contribution in [1.29, 1.82) is 0 Å². The quantitative estimate of drug-likeness (QED) is 0.0944. The molecule has 4 saturated heterocycles. The molecule has 2 aromatic carbocycles. The third kappa shape index (κ3) is 12.0. The van der Waals surface area contributed by atoms with Gasteiger partial charge in [0.05, 0.1) is 79.5 Å². The highest BCUT2D eigenvalue weighted by molar-refractivity contribution is 6.32. The zero-order chi connectivity index (χ0) is 49.1. The maximum atomic E-state index is 12.0. The van der Waals surface area contributed by atoms with Crippen molar-refractivity contribution in [2.75, 3.05) is 85.3 Å². The van der Waals surface area contributed by atoms with Crippen molar-refractivity contribution in [3.63, 3.8) is 0 Å². The lowest BCUT2D eigenvalue weighted by Crippen LogP contribution is -2.61. The molecular formula is C50H69Cl2N13O4. The number of aliphatic imine (C=N–C) groups is 1. The zero-order valence-electron chi connectivity index (χ0n) is 41.3. The van der Waals surface area contributed by atoms with Crippen LogP contribution in [-0.2, 0) is 14.3 Å². The number of H-pyrrole nitrogens is 1. The van der Waals surface area contributed by atoms with Gasteiger partial charge in [0.1, 0.15) is 11.4 Å². The summed E-state index contributed by atoms with van der Waals surface area (Å²) in [5.74, 6) is 0.902. The summed E-state index contributed by atoms with van der Waals surface area (Å²) in [5, 5.41) is 26.5. The van der Waals surface area contributed by atoms with E-state index in [2.05, 4.69) is 97.3 Å². The molecule has 0 spiro atoms. The maximum Gasteiger partial charge on any atom is 0.342 e. The van der Waals surface area contributed by atoms with E-state index in [1.165, 1.54) is 41.5 Å². The van der Waals surface area contributed by atoms with Gasteiger partial charge in [0, 0.05) is 40.1 Å². The van der Waals surface area contributed by atoms with Crippen LogP contribution in [0.15, 0.2) is 66.4 Å². The smallest absolute Gasteiger partial charge is 0.342 e. The van der Waals surface area contributed by atoms with Crippen molar-refractivity contribution >= 4 is 57.1 Å². The van der Waals surface area contributed by atoms with Gasteiger partial charge in [0.25, 0.3) is 0 Å². The molecule has 4 aromatic heterocycles. The summed E-state index contributed by atoms with van der Waals surface area (Å²) in [7, 11) is 0. The number of nitrogens with one attached hydrogen (secondary N) is 2. The van der Waals surface area contributed by atoms with Crippen molar-refractivity contribution in [3.05, 3.63) is 82.6 Å². The Morgan fingerprint density at radius 2 is 1.25 bits per heavy atom. The average molecular weight is 987 g/mol. The van der Waals surface area contributed by atoms with Gasteiger partial charge >= 0.3 is 6.03 Å². The molecular weight excluding hydrogens is 918 g/mol. The molecule has 0 atom stereocenters. The number of isocyanates is 1. The number of likely N-dealkylation sites (tertiary alicyclic amines) is 2. The fraction of sp³-hybridized carbons (Fsp3) is 0.560. The van der Waals surface area contributed by atoms with E-state index < -0.39 is 0 Å². The maximum absolute atomic E-state index is 12.0. The summed E-state index contributed by atoms with van der Waals surface area (Å²) in [6.07, 6.45) is 16.4. The Labute approximate surface area is 415 Å². The molecule has 4 aliphatic heterocycles.